The number of rotatable bonds is 4. The Hall–Kier alpha value is -1.13. The first-order valence-corrected chi connectivity index (χ1v) is 6.24. The van der Waals surface area contributed by atoms with Gasteiger partial charge in [0.25, 0.3) is 0 Å². The van der Waals surface area contributed by atoms with Crippen LogP contribution in [0.4, 0.5) is 5.82 Å². The first-order chi connectivity index (χ1) is 8.11. The lowest BCUT2D eigenvalue weighted by atomic mass is 10.1. The molecule has 0 aliphatic carbocycles. The molecule has 0 aromatic carbocycles. The van der Waals surface area contributed by atoms with Crippen molar-refractivity contribution in [1.29, 1.82) is 0 Å². The number of hydrogen-bond donors (Lipinski definition) is 2. The molecule has 1 unspecified atom stereocenters. The van der Waals surface area contributed by atoms with E-state index in [1.807, 2.05) is 19.2 Å². The zero-order chi connectivity index (χ0) is 12.3. The van der Waals surface area contributed by atoms with Gasteiger partial charge in [0.15, 0.2) is 0 Å². The van der Waals surface area contributed by atoms with E-state index in [1.54, 1.807) is 0 Å². The Labute approximate surface area is 103 Å². The summed E-state index contributed by atoms with van der Waals surface area (Å²) >= 11 is 0. The SMILES string of the molecule is CCNCc1ccc(N2CCC(C)(O)C2)nc1. The van der Waals surface area contributed by atoms with Gasteiger partial charge in [-0.3, -0.25) is 0 Å². The zero-order valence-electron chi connectivity index (χ0n) is 10.6. The quantitative estimate of drug-likeness (QED) is 0.822. The average Bonchev–Trinajstić information content (AvgIpc) is 2.68. The zero-order valence-corrected chi connectivity index (χ0v) is 10.6. The van der Waals surface area contributed by atoms with Crippen molar-refractivity contribution in [2.45, 2.75) is 32.4 Å². The van der Waals surface area contributed by atoms with Crippen LogP contribution < -0.4 is 10.2 Å². The van der Waals surface area contributed by atoms with Crippen LogP contribution >= 0.6 is 0 Å². The molecule has 1 aromatic heterocycles. The van der Waals surface area contributed by atoms with E-state index in [1.165, 1.54) is 5.56 Å². The fourth-order valence-electron chi connectivity index (χ4n) is 2.12. The topological polar surface area (TPSA) is 48.4 Å². The van der Waals surface area contributed by atoms with Gasteiger partial charge < -0.3 is 15.3 Å². The van der Waals surface area contributed by atoms with Gasteiger partial charge in [0.2, 0.25) is 0 Å². The summed E-state index contributed by atoms with van der Waals surface area (Å²) in [6, 6.07) is 4.13. The summed E-state index contributed by atoms with van der Waals surface area (Å²) in [6.45, 7) is 7.36. The third-order valence-electron chi connectivity index (χ3n) is 3.16. The molecule has 17 heavy (non-hydrogen) atoms. The second-order valence-electron chi connectivity index (χ2n) is 4.97. The maximum atomic E-state index is 9.92. The van der Waals surface area contributed by atoms with Gasteiger partial charge in [-0.15, -0.1) is 0 Å². The highest BCUT2D eigenvalue weighted by Gasteiger charge is 2.31. The van der Waals surface area contributed by atoms with E-state index in [4.69, 9.17) is 0 Å². The summed E-state index contributed by atoms with van der Waals surface area (Å²) in [4.78, 5) is 6.59. The van der Waals surface area contributed by atoms with Crippen LogP contribution in [0.15, 0.2) is 18.3 Å². The van der Waals surface area contributed by atoms with Crippen LogP contribution in [0, 0.1) is 0 Å². The van der Waals surface area contributed by atoms with Gasteiger partial charge in [0.1, 0.15) is 5.82 Å². The highest BCUT2D eigenvalue weighted by Crippen LogP contribution is 2.24. The second kappa shape index (κ2) is 5.02. The van der Waals surface area contributed by atoms with Crippen molar-refractivity contribution in [1.82, 2.24) is 10.3 Å². The Morgan fingerprint density at radius 2 is 2.35 bits per heavy atom. The smallest absolute Gasteiger partial charge is 0.128 e. The molecule has 0 bridgehead atoms. The van der Waals surface area contributed by atoms with Gasteiger partial charge in [-0.25, -0.2) is 4.98 Å². The molecule has 0 amide bonds. The number of aliphatic hydroxyl groups is 1. The van der Waals surface area contributed by atoms with E-state index >= 15 is 0 Å². The van der Waals surface area contributed by atoms with Crippen molar-refractivity contribution < 1.29 is 5.11 Å². The standard InChI is InChI=1S/C13H21N3O/c1-3-14-8-11-4-5-12(15-9-11)16-7-6-13(2,17)10-16/h4-5,9,14,17H,3,6-8,10H2,1-2H3. The largest absolute Gasteiger partial charge is 0.388 e. The summed E-state index contributed by atoms with van der Waals surface area (Å²) in [6.07, 6.45) is 2.72. The molecule has 94 valence electrons. The van der Waals surface area contributed by atoms with Crippen LogP contribution in [0.5, 0.6) is 0 Å². The second-order valence-corrected chi connectivity index (χ2v) is 4.97. The average molecular weight is 235 g/mol. The predicted octanol–water partition coefficient (Wildman–Crippen LogP) is 1.15. The summed E-state index contributed by atoms with van der Waals surface area (Å²) < 4.78 is 0. The van der Waals surface area contributed by atoms with Crippen molar-refractivity contribution in [3.63, 3.8) is 0 Å². The van der Waals surface area contributed by atoms with Gasteiger partial charge in [0, 0.05) is 25.8 Å². The first-order valence-electron chi connectivity index (χ1n) is 6.24. The first kappa shape index (κ1) is 12.3. The van der Waals surface area contributed by atoms with E-state index in [-0.39, 0.29) is 0 Å². The number of β-amino-alcohol motifs (C(OH)–C–C–N with tert-alkyl or cyclic N) is 1. The fraction of sp³-hybridized carbons (Fsp3) is 0.615. The Balaban J connectivity index is 1.98. The summed E-state index contributed by atoms with van der Waals surface area (Å²) in [5.41, 5.74) is 0.631. The van der Waals surface area contributed by atoms with Crippen molar-refractivity contribution >= 4 is 5.82 Å². The Bertz CT molecular complexity index is 361. The third-order valence-corrected chi connectivity index (χ3v) is 3.16. The molecule has 2 heterocycles. The van der Waals surface area contributed by atoms with E-state index in [2.05, 4.69) is 28.2 Å². The highest BCUT2D eigenvalue weighted by molar-refractivity contribution is 5.41. The molecule has 1 saturated heterocycles. The lowest BCUT2D eigenvalue weighted by molar-refractivity contribution is 0.0839. The molecule has 0 spiro atoms. The van der Waals surface area contributed by atoms with E-state index in [9.17, 15) is 5.11 Å². The van der Waals surface area contributed by atoms with E-state index in [0.29, 0.717) is 6.54 Å². The molecule has 1 atom stereocenters. The number of nitrogens with zero attached hydrogens (tertiary/aromatic N) is 2. The Morgan fingerprint density at radius 3 is 2.88 bits per heavy atom. The molecule has 1 fully saturated rings. The van der Waals surface area contributed by atoms with Gasteiger partial charge in [-0.2, -0.15) is 0 Å². The molecule has 0 radical (unpaired) electrons. The fourth-order valence-corrected chi connectivity index (χ4v) is 2.12. The number of nitrogens with one attached hydrogen (secondary N) is 1. The third kappa shape index (κ3) is 3.17. The van der Waals surface area contributed by atoms with E-state index in [0.717, 1.165) is 31.9 Å². The molecule has 4 nitrogen and oxygen atoms in total. The van der Waals surface area contributed by atoms with Gasteiger partial charge in [-0.05, 0) is 31.5 Å². The molecule has 2 rings (SSSR count). The monoisotopic (exact) mass is 235 g/mol. The van der Waals surface area contributed by atoms with Crippen molar-refractivity contribution in [3.8, 4) is 0 Å². The van der Waals surface area contributed by atoms with Crippen LogP contribution in [-0.4, -0.2) is 35.3 Å². The normalized spacial score (nSPS) is 24.3. The van der Waals surface area contributed by atoms with Crippen LogP contribution in [0.2, 0.25) is 0 Å². The van der Waals surface area contributed by atoms with Crippen molar-refractivity contribution in [2.24, 2.45) is 0 Å². The van der Waals surface area contributed by atoms with Crippen LogP contribution in [0.25, 0.3) is 0 Å². The summed E-state index contributed by atoms with van der Waals surface area (Å²) in [5.74, 6) is 0.961. The minimum Gasteiger partial charge on any atom is -0.388 e. The lowest BCUT2D eigenvalue weighted by Crippen LogP contribution is -2.30. The maximum Gasteiger partial charge on any atom is 0.128 e. The van der Waals surface area contributed by atoms with Crippen LogP contribution in [-0.2, 0) is 6.54 Å². The molecule has 2 N–H and O–H groups in total. The Kier molecular flexibility index (Phi) is 3.64. The maximum absolute atomic E-state index is 9.92. The minimum absolute atomic E-state index is 0.565. The number of anilines is 1. The summed E-state index contributed by atoms with van der Waals surface area (Å²) in [7, 11) is 0. The van der Waals surface area contributed by atoms with Crippen molar-refractivity contribution in [2.75, 3.05) is 24.5 Å². The molecule has 1 aliphatic heterocycles. The Morgan fingerprint density at radius 1 is 1.53 bits per heavy atom. The van der Waals surface area contributed by atoms with Crippen LogP contribution in [0.1, 0.15) is 25.8 Å². The van der Waals surface area contributed by atoms with Gasteiger partial charge >= 0.3 is 0 Å². The number of hydrogen-bond acceptors (Lipinski definition) is 4. The molecule has 4 heteroatoms. The van der Waals surface area contributed by atoms with E-state index < -0.39 is 5.60 Å². The summed E-state index contributed by atoms with van der Waals surface area (Å²) in [5, 5.41) is 13.2. The molecule has 0 saturated carbocycles. The highest BCUT2D eigenvalue weighted by atomic mass is 16.3. The van der Waals surface area contributed by atoms with Gasteiger partial charge in [-0.1, -0.05) is 13.0 Å². The molecular weight excluding hydrogens is 214 g/mol. The minimum atomic E-state index is -0.565. The molecule has 1 aliphatic rings. The predicted molar refractivity (Wildman–Crippen MR) is 69.1 cm³/mol. The molecular formula is C13H21N3O. The number of pyridine rings is 1. The number of aromatic nitrogens is 1. The lowest BCUT2D eigenvalue weighted by Gasteiger charge is -2.19. The van der Waals surface area contributed by atoms with Crippen molar-refractivity contribution in [3.05, 3.63) is 23.9 Å². The van der Waals surface area contributed by atoms with Gasteiger partial charge in [0.05, 0.1) is 5.60 Å². The molecule has 1 aromatic rings. The van der Waals surface area contributed by atoms with Crippen LogP contribution in [0.3, 0.4) is 0 Å².